The van der Waals surface area contributed by atoms with Crippen molar-refractivity contribution in [1.82, 2.24) is 15.1 Å². The van der Waals surface area contributed by atoms with E-state index in [0.717, 1.165) is 68.3 Å². The molecule has 0 aliphatic heterocycles. The monoisotopic (exact) mass is 397 g/mol. The van der Waals surface area contributed by atoms with Gasteiger partial charge in [-0.15, -0.1) is 0 Å². The minimum atomic E-state index is -0.832. The average Bonchev–Trinajstić information content (AvgIpc) is 3.15. The van der Waals surface area contributed by atoms with Crippen LogP contribution in [0.5, 0.6) is 0 Å². The molecule has 6 nitrogen and oxygen atoms in total. The quantitative estimate of drug-likeness (QED) is 0.733. The Labute approximate surface area is 172 Å². The summed E-state index contributed by atoms with van der Waals surface area (Å²) in [6.07, 6.45) is 7.04. The molecule has 2 aliphatic carbocycles. The van der Waals surface area contributed by atoms with E-state index in [1.807, 2.05) is 41.9 Å². The van der Waals surface area contributed by atoms with Crippen LogP contribution in [0.3, 0.4) is 0 Å². The van der Waals surface area contributed by atoms with Crippen LogP contribution in [0, 0.1) is 5.92 Å². The first-order valence-corrected chi connectivity index (χ1v) is 11.0. The Balaban J connectivity index is 1.59. The predicted octanol–water partition coefficient (Wildman–Crippen LogP) is 3.39. The smallest absolute Gasteiger partial charge is 0.272 e. The molecule has 29 heavy (non-hydrogen) atoms. The normalized spacial score (nSPS) is 22.7. The molecular formula is C23H31N3O3. The first-order valence-electron chi connectivity index (χ1n) is 11.0. The molecule has 1 unspecified atom stereocenters. The van der Waals surface area contributed by atoms with E-state index in [1.54, 1.807) is 0 Å². The molecule has 2 aliphatic rings. The fourth-order valence-electron chi connectivity index (χ4n) is 4.78. The summed E-state index contributed by atoms with van der Waals surface area (Å²) >= 11 is 0. The maximum absolute atomic E-state index is 13.2. The first-order chi connectivity index (χ1) is 14.2. The van der Waals surface area contributed by atoms with Crippen LogP contribution < -0.4 is 5.32 Å². The molecule has 6 heteroatoms. The van der Waals surface area contributed by atoms with Gasteiger partial charge < -0.3 is 15.2 Å². The molecule has 2 N–H and O–H groups in total. The van der Waals surface area contributed by atoms with Crippen molar-refractivity contribution < 1.29 is 14.6 Å². The number of para-hydroxylation sites is 1. The van der Waals surface area contributed by atoms with Gasteiger partial charge in [-0.05, 0) is 57.6 Å². The van der Waals surface area contributed by atoms with Gasteiger partial charge in [-0.25, -0.2) is 4.68 Å². The van der Waals surface area contributed by atoms with E-state index in [0.29, 0.717) is 12.3 Å². The Morgan fingerprint density at radius 2 is 1.97 bits per heavy atom. The number of nitrogens with zero attached hydrogens (tertiary/aromatic N) is 2. The van der Waals surface area contributed by atoms with E-state index in [2.05, 4.69) is 5.32 Å². The van der Waals surface area contributed by atoms with Gasteiger partial charge in [0, 0.05) is 29.8 Å². The highest BCUT2D eigenvalue weighted by Gasteiger charge is 2.34. The average molecular weight is 398 g/mol. The lowest BCUT2D eigenvalue weighted by atomic mass is 9.83. The largest absolute Gasteiger partial charge is 0.368 e. The minimum absolute atomic E-state index is 0.0697. The van der Waals surface area contributed by atoms with Crippen molar-refractivity contribution in [3.63, 3.8) is 0 Å². The summed E-state index contributed by atoms with van der Waals surface area (Å²) in [7, 11) is 0. The fourth-order valence-corrected chi connectivity index (χ4v) is 4.78. The summed E-state index contributed by atoms with van der Waals surface area (Å²) in [4.78, 5) is 13.2. The Morgan fingerprint density at radius 1 is 1.21 bits per heavy atom. The minimum Gasteiger partial charge on any atom is -0.368 e. The molecule has 4 rings (SSSR count). The molecule has 3 atom stereocenters. The van der Waals surface area contributed by atoms with Crippen LogP contribution in [-0.2, 0) is 17.6 Å². The maximum atomic E-state index is 13.2. The van der Waals surface area contributed by atoms with Crippen molar-refractivity contribution in [3.05, 3.63) is 47.3 Å². The van der Waals surface area contributed by atoms with Gasteiger partial charge in [-0.2, -0.15) is 5.10 Å². The number of aliphatic hydroxyl groups is 1. The number of carbonyl (C=O) groups is 1. The van der Waals surface area contributed by atoms with E-state index in [9.17, 15) is 9.90 Å². The third-order valence-corrected chi connectivity index (χ3v) is 6.24. The number of nitrogens with one attached hydrogen (secondary N) is 1. The van der Waals surface area contributed by atoms with Crippen molar-refractivity contribution in [2.24, 2.45) is 5.92 Å². The number of aliphatic hydroxyl groups excluding tert-OH is 1. The summed E-state index contributed by atoms with van der Waals surface area (Å²) in [5.41, 5.74) is 3.77. The zero-order valence-electron chi connectivity index (χ0n) is 17.1. The zero-order chi connectivity index (χ0) is 20.2. The number of benzene rings is 1. The highest BCUT2D eigenvalue weighted by atomic mass is 16.6. The number of hydrogen-bond acceptors (Lipinski definition) is 4. The van der Waals surface area contributed by atoms with E-state index < -0.39 is 6.29 Å². The Hall–Kier alpha value is -2.18. The number of rotatable bonds is 6. The molecule has 0 saturated heterocycles. The van der Waals surface area contributed by atoms with E-state index in [1.165, 1.54) is 0 Å². The van der Waals surface area contributed by atoms with Gasteiger partial charge in [0.2, 0.25) is 0 Å². The number of carbonyl (C=O) groups excluding carboxylic acids is 1. The number of amides is 1. The summed E-state index contributed by atoms with van der Waals surface area (Å²) in [5.74, 6) is -0.196. The molecule has 2 aromatic rings. The summed E-state index contributed by atoms with van der Waals surface area (Å²) in [6, 6.07) is 9.94. The van der Waals surface area contributed by atoms with Gasteiger partial charge in [0.05, 0.1) is 5.69 Å². The molecule has 1 heterocycles. The van der Waals surface area contributed by atoms with Gasteiger partial charge in [0.1, 0.15) is 0 Å². The summed E-state index contributed by atoms with van der Waals surface area (Å²) in [5, 5.41) is 18.3. The van der Waals surface area contributed by atoms with Gasteiger partial charge in [-0.1, -0.05) is 31.0 Å². The topological polar surface area (TPSA) is 76.4 Å². The standard InChI is InChI=1S/C23H31N3O3/c1-2-29-23(28)17-12-6-8-14-19(17)24-22(27)21-18-13-7-9-15-20(18)26(25-21)16-10-4-3-5-11-16/h3-5,10-11,17,19,23,28H,2,6-9,12-15H2,1H3,(H,24,27)/t17-,19+,23?/m1/s1. The highest BCUT2D eigenvalue weighted by Crippen LogP contribution is 2.30. The van der Waals surface area contributed by atoms with Crippen LogP contribution in [0.25, 0.3) is 5.69 Å². The van der Waals surface area contributed by atoms with Crippen LogP contribution >= 0.6 is 0 Å². The molecule has 1 amide bonds. The van der Waals surface area contributed by atoms with Crippen LogP contribution in [0.4, 0.5) is 0 Å². The number of aromatic nitrogens is 2. The van der Waals surface area contributed by atoms with Crippen molar-refractivity contribution in [1.29, 1.82) is 0 Å². The van der Waals surface area contributed by atoms with Gasteiger partial charge >= 0.3 is 0 Å². The summed E-state index contributed by atoms with van der Waals surface area (Å²) < 4.78 is 7.38. The molecule has 0 radical (unpaired) electrons. The van der Waals surface area contributed by atoms with Crippen molar-refractivity contribution in [2.75, 3.05) is 6.61 Å². The Kier molecular flexibility index (Phi) is 6.31. The SMILES string of the molecule is CCOC(O)[C@@H]1CCCC[C@@H]1NC(=O)c1nn(-c2ccccc2)c2c1CCCC2. The van der Waals surface area contributed by atoms with Gasteiger partial charge in [0.25, 0.3) is 5.91 Å². The van der Waals surface area contributed by atoms with E-state index in [-0.39, 0.29) is 17.9 Å². The highest BCUT2D eigenvalue weighted by molar-refractivity contribution is 5.94. The number of hydrogen-bond donors (Lipinski definition) is 2. The second-order valence-corrected chi connectivity index (χ2v) is 8.10. The third kappa shape index (κ3) is 4.23. The second kappa shape index (κ2) is 9.09. The van der Waals surface area contributed by atoms with E-state index in [4.69, 9.17) is 9.84 Å². The lowest BCUT2D eigenvalue weighted by molar-refractivity contribution is -0.142. The predicted molar refractivity (Wildman–Crippen MR) is 111 cm³/mol. The Bertz CT molecular complexity index is 833. The van der Waals surface area contributed by atoms with Crippen LogP contribution in [0.1, 0.15) is 67.2 Å². The van der Waals surface area contributed by atoms with Gasteiger partial charge in [-0.3, -0.25) is 4.79 Å². The molecule has 156 valence electrons. The van der Waals surface area contributed by atoms with Crippen molar-refractivity contribution in [3.8, 4) is 5.69 Å². The fraction of sp³-hybridized carbons (Fsp3) is 0.565. The van der Waals surface area contributed by atoms with Crippen molar-refractivity contribution in [2.45, 2.75) is 70.6 Å². The third-order valence-electron chi connectivity index (χ3n) is 6.24. The lowest BCUT2D eigenvalue weighted by Gasteiger charge is -2.34. The number of ether oxygens (including phenoxy) is 1. The van der Waals surface area contributed by atoms with E-state index >= 15 is 0 Å². The first kappa shape index (κ1) is 20.1. The molecular weight excluding hydrogens is 366 g/mol. The van der Waals surface area contributed by atoms with Crippen molar-refractivity contribution >= 4 is 5.91 Å². The molecule has 0 bridgehead atoms. The summed E-state index contributed by atoms with van der Waals surface area (Å²) in [6.45, 7) is 2.34. The van der Waals surface area contributed by atoms with Crippen LogP contribution in [0.15, 0.2) is 30.3 Å². The maximum Gasteiger partial charge on any atom is 0.272 e. The molecule has 0 spiro atoms. The number of fused-ring (bicyclic) bond motifs is 1. The van der Waals surface area contributed by atoms with Crippen LogP contribution in [0.2, 0.25) is 0 Å². The molecule has 1 fully saturated rings. The Morgan fingerprint density at radius 3 is 2.76 bits per heavy atom. The molecule has 1 aromatic carbocycles. The lowest BCUT2D eigenvalue weighted by Crippen LogP contribution is -2.47. The second-order valence-electron chi connectivity index (χ2n) is 8.10. The zero-order valence-corrected chi connectivity index (χ0v) is 17.1. The van der Waals surface area contributed by atoms with Crippen LogP contribution in [-0.4, -0.2) is 39.7 Å². The molecule has 1 aromatic heterocycles. The van der Waals surface area contributed by atoms with Gasteiger partial charge in [0.15, 0.2) is 12.0 Å². The molecule has 1 saturated carbocycles.